The number of carboxylic acids is 1. The SMILES string of the molecule is C=C(CC(=O)O)CC1CCN(CC)CC1. The molecule has 1 aliphatic rings. The summed E-state index contributed by atoms with van der Waals surface area (Å²) in [5.41, 5.74) is 0.873. The third kappa shape index (κ3) is 4.47. The molecular weight excluding hydrogens is 190 g/mol. The minimum atomic E-state index is -0.758. The van der Waals surface area contributed by atoms with E-state index < -0.39 is 5.97 Å². The fourth-order valence-electron chi connectivity index (χ4n) is 2.20. The molecule has 0 aromatic carbocycles. The molecule has 1 heterocycles. The van der Waals surface area contributed by atoms with Crippen LogP contribution >= 0.6 is 0 Å². The standard InChI is InChI=1S/C12H21NO2/c1-3-13-6-4-11(5-7-13)8-10(2)9-12(14)15/h11H,2-9H2,1H3,(H,14,15). The summed E-state index contributed by atoms with van der Waals surface area (Å²) < 4.78 is 0. The van der Waals surface area contributed by atoms with E-state index in [2.05, 4.69) is 18.4 Å². The van der Waals surface area contributed by atoms with Crippen molar-refractivity contribution in [2.45, 2.75) is 32.6 Å². The first kappa shape index (κ1) is 12.2. The topological polar surface area (TPSA) is 40.5 Å². The molecule has 1 aliphatic heterocycles. The van der Waals surface area contributed by atoms with Gasteiger partial charge in [-0.1, -0.05) is 19.1 Å². The van der Waals surface area contributed by atoms with Crippen LogP contribution in [0.5, 0.6) is 0 Å². The van der Waals surface area contributed by atoms with Crippen LogP contribution in [0, 0.1) is 5.92 Å². The van der Waals surface area contributed by atoms with Crippen LogP contribution in [0.3, 0.4) is 0 Å². The number of carbonyl (C=O) groups is 1. The quantitative estimate of drug-likeness (QED) is 0.708. The average molecular weight is 211 g/mol. The van der Waals surface area contributed by atoms with Crippen molar-refractivity contribution in [3.05, 3.63) is 12.2 Å². The van der Waals surface area contributed by atoms with E-state index in [0.29, 0.717) is 5.92 Å². The zero-order chi connectivity index (χ0) is 11.3. The molecule has 15 heavy (non-hydrogen) atoms. The molecule has 0 aromatic rings. The Hall–Kier alpha value is -0.830. The van der Waals surface area contributed by atoms with Crippen LogP contribution in [0.1, 0.15) is 32.6 Å². The van der Waals surface area contributed by atoms with Gasteiger partial charge in [0.15, 0.2) is 0 Å². The number of hydrogen-bond donors (Lipinski definition) is 1. The van der Waals surface area contributed by atoms with Crippen LogP contribution in [-0.4, -0.2) is 35.6 Å². The van der Waals surface area contributed by atoms with Gasteiger partial charge in [0.2, 0.25) is 0 Å². The second-order valence-corrected chi connectivity index (χ2v) is 4.40. The number of aliphatic carboxylic acids is 1. The number of rotatable bonds is 5. The minimum Gasteiger partial charge on any atom is -0.481 e. The lowest BCUT2D eigenvalue weighted by Gasteiger charge is -2.31. The predicted octanol–water partition coefficient (Wildman–Crippen LogP) is 2.14. The summed E-state index contributed by atoms with van der Waals surface area (Å²) in [7, 11) is 0. The van der Waals surface area contributed by atoms with Crippen LogP contribution in [0.4, 0.5) is 0 Å². The molecule has 0 aromatic heterocycles. The fourth-order valence-corrected chi connectivity index (χ4v) is 2.20. The maximum absolute atomic E-state index is 10.5. The monoisotopic (exact) mass is 211 g/mol. The minimum absolute atomic E-state index is 0.133. The molecule has 1 rings (SSSR count). The summed E-state index contributed by atoms with van der Waals surface area (Å²) in [6, 6.07) is 0. The van der Waals surface area contributed by atoms with Gasteiger partial charge in [-0.3, -0.25) is 4.79 Å². The molecule has 0 radical (unpaired) electrons. The third-order valence-corrected chi connectivity index (χ3v) is 3.13. The molecule has 0 saturated carbocycles. The highest BCUT2D eigenvalue weighted by Gasteiger charge is 2.19. The van der Waals surface area contributed by atoms with E-state index in [1.54, 1.807) is 0 Å². The van der Waals surface area contributed by atoms with Crippen molar-refractivity contribution >= 4 is 5.97 Å². The van der Waals surface area contributed by atoms with Gasteiger partial charge in [-0.25, -0.2) is 0 Å². The van der Waals surface area contributed by atoms with Gasteiger partial charge in [-0.15, -0.1) is 0 Å². The first-order chi connectivity index (χ1) is 7.11. The molecule has 86 valence electrons. The smallest absolute Gasteiger partial charge is 0.307 e. The van der Waals surface area contributed by atoms with Crippen LogP contribution in [-0.2, 0) is 4.79 Å². The Morgan fingerprint density at radius 3 is 2.53 bits per heavy atom. The van der Waals surface area contributed by atoms with Gasteiger partial charge in [0.1, 0.15) is 0 Å². The molecule has 0 amide bonds. The van der Waals surface area contributed by atoms with Crippen molar-refractivity contribution in [3.8, 4) is 0 Å². The summed E-state index contributed by atoms with van der Waals surface area (Å²) in [5.74, 6) is -0.106. The Morgan fingerprint density at radius 2 is 2.07 bits per heavy atom. The first-order valence-electron chi connectivity index (χ1n) is 5.72. The summed E-state index contributed by atoms with van der Waals surface area (Å²) >= 11 is 0. The van der Waals surface area contributed by atoms with Crippen LogP contribution in [0.25, 0.3) is 0 Å². The first-order valence-corrected chi connectivity index (χ1v) is 5.72. The van der Waals surface area contributed by atoms with Crippen molar-refractivity contribution in [1.29, 1.82) is 0 Å². The number of hydrogen-bond acceptors (Lipinski definition) is 2. The zero-order valence-electron chi connectivity index (χ0n) is 9.54. The Morgan fingerprint density at radius 1 is 1.47 bits per heavy atom. The van der Waals surface area contributed by atoms with Crippen molar-refractivity contribution in [2.75, 3.05) is 19.6 Å². The summed E-state index contributed by atoms with van der Waals surface area (Å²) in [4.78, 5) is 12.9. The third-order valence-electron chi connectivity index (χ3n) is 3.13. The van der Waals surface area contributed by atoms with Gasteiger partial charge in [-0.05, 0) is 44.8 Å². The van der Waals surface area contributed by atoms with Crippen LogP contribution < -0.4 is 0 Å². The summed E-state index contributed by atoms with van der Waals surface area (Å²) in [5, 5.41) is 8.62. The molecule has 3 heteroatoms. The molecule has 0 bridgehead atoms. The second kappa shape index (κ2) is 5.91. The fraction of sp³-hybridized carbons (Fsp3) is 0.750. The Bertz CT molecular complexity index is 230. The molecule has 1 N–H and O–H groups in total. The second-order valence-electron chi connectivity index (χ2n) is 4.40. The highest BCUT2D eigenvalue weighted by Crippen LogP contribution is 2.24. The lowest BCUT2D eigenvalue weighted by atomic mass is 9.89. The van der Waals surface area contributed by atoms with E-state index in [-0.39, 0.29) is 6.42 Å². The number of carboxylic acid groups (broad SMARTS) is 1. The van der Waals surface area contributed by atoms with E-state index in [4.69, 9.17) is 5.11 Å². The Kier molecular flexibility index (Phi) is 4.82. The predicted molar refractivity (Wildman–Crippen MR) is 60.8 cm³/mol. The van der Waals surface area contributed by atoms with Gasteiger partial charge >= 0.3 is 5.97 Å². The maximum atomic E-state index is 10.5. The Labute approximate surface area is 91.8 Å². The van der Waals surface area contributed by atoms with Gasteiger partial charge < -0.3 is 10.0 Å². The van der Waals surface area contributed by atoms with Gasteiger partial charge in [0.25, 0.3) is 0 Å². The van der Waals surface area contributed by atoms with Gasteiger partial charge in [0.05, 0.1) is 6.42 Å². The van der Waals surface area contributed by atoms with Crippen molar-refractivity contribution in [3.63, 3.8) is 0 Å². The van der Waals surface area contributed by atoms with Gasteiger partial charge in [-0.2, -0.15) is 0 Å². The van der Waals surface area contributed by atoms with Crippen LogP contribution in [0.2, 0.25) is 0 Å². The molecule has 1 fully saturated rings. The number of nitrogens with zero attached hydrogens (tertiary/aromatic N) is 1. The Balaban J connectivity index is 2.23. The maximum Gasteiger partial charge on any atom is 0.307 e. The molecule has 0 unspecified atom stereocenters. The van der Waals surface area contributed by atoms with E-state index in [1.807, 2.05) is 0 Å². The van der Waals surface area contributed by atoms with E-state index >= 15 is 0 Å². The molecule has 3 nitrogen and oxygen atoms in total. The largest absolute Gasteiger partial charge is 0.481 e. The lowest BCUT2D eigenvalue weighted by Crippen LogP contribution is -2.33. The number of likely N-dealkylation sites (tertiary alicyclic amines) is 1. The van der Waals surface area contributed by atoms with Crippen molar-refractivity contribution < 1.29 is 9.90 Å². The molecule has 1 saturated heterocycles. The zero-order valence-corrected chi connectivity index (χ0v) is 9.54. The van der Waals surface area contributed by atoms with E-state index in [0.717, 1.165) is 31.6 Å². The van der Waals surface area contributed by atoms with E-state index in [9.17, 15) is 4.79 Å². The lowest BCUT2D eigenvalue weighted by molar-refractivity contribution is -0.136. The summed E-state index contributed by atoms with van der Waals surface area (Å²) in [6.07, 6.45) is 3.40. The van der Waals surface area contributed by atoms with Gasteiger partial charge in [0, 0.05) is 0 Å². The molecule has 0 aliphatic carbocycles. The molecule has 0 atom stereocenters. The number of piperidine rings is 1. The molecular formula is C12H21NO2. The van der Waals surface area contributed by atoms with E-state index in [1.165, 1.54) is 12.8 Å². The summed E-state index contributed by atoms with van der Waals surface area (Å²) in [6.45, 7) is 9.45. The average Bonchev–Trinajstić information content (AvgIpc) is 2.17. The normalized spacial score (nSPS) is 19.0. The highest BCUT2D eigenvalue weighted by atomic mass is 16.4. The van der Waals surface area contributed by atoms with Crippen LogP contribution in [0.15, 0.2) is 12.2 Å². The highest BCUT2D eigenvalue weighted by molar-refractivity contribution is 5.69. The van der Waals surface area contributed by atoms with Crippen molar-refractivity contribution in [1.82, 2.24) is 4.90 Å². The van der Waals surface area contributed by atoms with Crippen molar-refractivity contribution in [2.24, 2.45) is 5.92 Å². The molecule has 0 spiro atoms.